The summed E-state index contributed by atoms with van der Waals surface area (Å²) in [5.41, 5.74) is -0.580. The van der Waals surface area contributed by atoms with Gasteiger partial charge in [-0.3, -0.25) is 0 Å². The Kier molecular flexibility index (Phi) is 4.38. The van der Waals surface area contributed by atoms with Gasteiger partial charge < -0.3 is 4.74 Å². The summed E-state index contributed by atoms with van der Waals surface area (Å²) in [7, 11) is 1.14. The Morgan fingerprint density at radius 3 is 2.73 bits per heavy atom. The van der Waals surface area contributed by atoms with Gasteiger partial charge in [-0.25, -0.2) is 18.6 Å². The Labute approximate surface area is 106 Å². The molecule has 82 valence electrons. The Balaban J connectivity index is 3.45. The van der Waals surface area contributed by atoms with E-state index in [2.05, 4.69) is 25.7 Å². The summed E-state index contributed by atoms with van der Waals surface area (Å²) in [6.07, 6.45) is -1.46. The van der Waals surface area contributed by atoms with E-state index in [4.69, 9.17) is 0 Å². The van der Waals surface area contributed by atoms with Crippen LogP contribution in [0, 0.1) is 3.57 Å². The number of carbonyl (C=O) groups is 1. The smallest absolute Gasteiger partial charge is 0.339 e. The topological polar surface area (TPSA) is 39.2 Å². The Bertz CT molecular complexity index is 400. The van der Waals surface area contributed by atoms with Crippen molar-refractivity contribution < 1.29 is 18.3 Å². The number of alkyl halides is 2. The summed E-state index contributed by atoms with van der Waals surface area (Å²) < 4.78 is 30.1. The summed E-state index contributed by atoms with van der Waals surface area (Å²) in [4.78, 5) is 15.0. The quantitative estimate of drug-likeness (QED) is 0.441. The molecule has 0 spiro atoms. The minimum atomic E-state index is -2.78. The van der Waals surface area contributed by atoms with E-state index < -0.39 is 18.0 Å². The number of methoxy groups -OCH3 is 1. The van der Waals surface area contributed by atoms with Gasteiger partial charge in [0.2, 0.25) is 0 Å². The highest BCUT2D eigenvalue weighted by molar-refractivity contribution is 14.1. The van der Waals surface area contributed by atoms with Crippen LogP contribution < -0.4 is 0 Å². The van der Waals surface area contributed by atoms with Crippen LogP contribution in [0.25, 0.3) is 0 Å². The van der Waals surface area contributed by atoms with Crippen LogP contribution in [0.4, 0.5) is 8.78 Å². The molecule has 0 fully saturated rings. The summed E-state index contributed by atoms with van der Waals surface area (Å²) in [6.45, 7) is 0. The number of nitrogens with zero attached hydrogens (tertiary/aromatic N) is 1. The van der Waals surface area contributed by atoms with Crippen molar-refractivity contribution in [2.75, 3.05) is 7.11 Å². The number of esters is 1. The number of rotatable bonds is 2. The van der Waals surface area contributed by atoms with Gasteiger partial charge in [-0.05, 0) is 38.5 Å². The van der Waals surface area contributed by atoms with Crippen molar-refractivity contribution in [1.29, 1.82) is 0 Å². The predicted octanol–water partition coefficient (Wildman–Crippen LogP) is 3.17. The molecular formula is C8H5BrF2INO2. The van der Waals surface area contributed by atoms with Gasteiger partial charge >= 0.3 is 5.97 Å². The third-order valence-electron chi connectivity index (χ3n) is 1.63. The van der Waals surface area contributed by atoms with Crippen molar-refractivity contribution in [2.24, 2.45) is 0 Å². The fourth-order valence-corrected chi connectivity index (χ4v) is 2.11. The van der Waals surface area contributed by atoms with Crippen molar-refractivity contribution in [3.63, 3.8) is 0 Å². The molecule has 1 aromatic rings. The monoisotopic (exact) mass is 391 g/mol. The number of aromatic nitrogens is 1. The zero-order chi connectivity index (χ0) is 11.6. The molecule has 0 saturated carbocycles. The third-order valence-corrected chi connectivity index (χ3v) is 3.08. The van der Waals surface area contributed by atoms with E-state index in [1.807, 2.05) is 0 Å². The Morgan fingerprint density at radius 1 is 1.67 bits per heavy atom. The molecule has 0 saturated heterocycles. The highest BCUT2D eigenvalue weighted by Gasteiger charge is 2.25. The van der Waals surface area contributed by atoms with E-state index in [9.17, 15) is 13.6 Å². The molecule has 1 rings (SSSR count). The highest BCUT2D eigenvalue weighted by atomic mass is 127. The fourth-order valence-electron chi connectivity index (χ4n) is 0.988. The van der Waals surface area contributed by atoms with Crippen LogP contribution in [-0.4, -0.2) is 18.1 Å². The average Bonchev–Trinajstić information content (AvgIpc) is 2.19. The van der Waals surface area contributed by atoms with E-state index in [1.165, 1.54) is 6.20 Å². The van der Waals surface area contributed by atoms with Crippen molar-refractivity contribution in [1.82, 2.24) is 4.98 Å². The number of hydrogen-bond acceptors (Lipinski definition) is 3. The molecule has 0 aliphatic carbocycles. The van der Waals surface area contributed by atoms with E-state index in [0.717, 1.165) is 7.11 Å². The van der Waals surface area contributed by atoms with E-state index in [-0.39, 0.29) is 10.2 Å². The van der Waals surface area contributed by atoms with Gasteiger partial charge in [0.05, 0.1) is 18.2 Å². The first-order valence-corrected chi connectivity index (χ1v) is 5.56. The summed E-state index contributed by atoms with van der Waals surface area (Å²) >= 11 is 4.63. The number of hydrogen-bond donors (Lipinski definition) is 0. The van der Waals surface area contributed by atoms with Crippen molar-refractivity contribution >= 4 is 44.5 Å². The van der Waals surface area contributed by atoms with Gasteiger partial charge in [-0.1, -0.05) is 0 Å². The molecule has 1 heterocycles. The van der Waals surface area contributed by atoms with Gasteiger partial charge in [0.25, 0.3) is 6.43 Å². The molecule has 3 nitrogen and oxygen atoms in total. The number of ether oxygens (including phenoxy) is 1. The van der Waals surface area contributed by atoms with E-state index in [0.29, 0.717) is 3.57 Å². The largest absolute Gasteiger partial charge is 0.465 e. The lowest BCUT2D eigenvalue weighted by Crippen LogP contribution is -2.10. The van der Waals surface area contributed by atoms with Crippen LogP contribution in [0.5, 0.6) is 0 Å². The molecule has 0 bridgehead atoms. The molecule has 0 atom stereocenters. The molecule has 7 heteroatoms. The van der Waals surface area contributed by atoms with Crippen LogP contribution in [0.1, 0.15) is 22.3 Å². The van der Waals surface area contributed by atoms with Gasteiger partial charge in [0, 0.05) is 9.77 Å². The average molecular weight is 392 g/mol. The zero-order valence-corrected chi connectivity index (χ0v) is 11.2. The molecule has 0 N–H and O–H groups in total. The molecule has 0 radical (unpaired) electrons. The van der Waals surface area contributed by atoms with E-state index in [1.54, 1.807) is 22.6 Å². The maximum Gasteiger partial charge on any atom is 0.339 e. The van der Waals surface area contributed by atoms with Gasteiger partial charge in [0.15, 0.2) is 0 Å². The second kappa shape index (κ2) is 5.15. The van der Waals surface area contributed by atoms with E-state index >= 15 is 0 Å². The standard InChI is InChI=1S/C8H5BrF2INO2/c1-15-8(14)4-3(12)2-13-6(9)5(4)7(10)11/h2,7H,1H3. The molecule has 0 aliphatic rings. The highest BCUT2D eigenvalue weighted by Crippen LogP contribution is 2.31. The number of halogens is 4. The van der Waals surface area contributed by atoms with Crippen LogP contribution in [-0.2, 0) is 4.74 Å². The van der Waals surface area contributed by atoms with Crippen LogP contribution in [0.3, 0.4) is 0 Å². The lowest BCUT2D eigenvalue weighted by atomic mass is 10.1. The lowest BCUT2D eigenvalue weighted by molar-refractivity contribution is 0.0587. The molecule has 0 aliphatic heterocycles. The first kappa shape index (κ1) is 12.8. The van der Waals surface area contributed by atoms with Crippen molar-refractivity contribution in [3.8, 4) is 0 Å². The summed E-state index contributed by atoms with van der Waals surface area (Å²) in [5.74, 6) is -0.794. The minimum Gasteiger partial charge on any atom is -0.465 e. The normalized spacial score (nSPS) is 10.5. The first-order chi connectivity index (χ1) is 6.99. The van der Waals surface area contributed by atoms with Gasteiger partial charge in [-0.15, -0.1) is 0 Å². The lowest BCUT2D eigenvalue weighted by Gasteiger charge is -2.10. The van der Waals surface area contributed by atoms with Crippen molar-refractivity contribution in [2.45, 2.75) is 6.43 Å². The molecule has 0 aromatic carbocycles. The Hall–Kier alpha value is -0.310. The predicted molar refractivity (Wildman–Crippen MR) is 61.0 cm³/mol. The third kappa shape index (κ3) is 2.63. The maximum atomic E-state index is 12.7. The van der Waals surface area contributed by atoms with Crippen LogP contribution in [0.15, 0.2) is 10.8 Å². The van der Waals surface area contributed by atoms with Gasteiger partial charge in [0.1, 0.15) is 4.60 Å². The molecule has 0 amide bonds. The first-order valence-electron chi connectivity index (χ1n) is 3.69. The molecule has 0 unspecified atom stereocenters. The maximum absolute atomic E-state index is 12.7. The van der Waals surface area contributed by atoms with Crippen LogP contribution in [0.2, 0.25) is 0 Å². The summed E-state index contributed by atoms with van der Waals surface area (Å²) in [6, 6.07) is 0. The molecule has 1 aromatic heterocycles. The number of carbonyl (C=O) groups excluding carboxylic acids is 1. The second-order valence-corrected chi connectivity index (χ2v) is 4.39. The Morgan fingerprint density at radius 2 is 2.27 bits per heavy atom. The molecule has 15 heavy (non-hydrogen) atoms. The second-order valence-electron chi connectivity index (χ2n) is 2.48. The van der Waals surface area contributed by atoms with Crippen LogP contribution >= 0.6 is 38.5 Å². The molecular weight excluding hydrogens is 387 g/mol. The van der Waals surface area contributed by atoms with Gasteiger partial charge in [-0.2, -0.15) is 0 Å². The van der Waals surface area contributed by atoms with Crippen molar-refractivity contribution in [3.05, 3.63) is 25.5 Å². The number of pyridine rings is 1. The SMILES string of the molecule is COC(=O)c1c(I)cnc(Br)c1C(F)F. The summed E-state index contributed by atoms with van der Waals surface area (Å²) in [5, 5.41) is 0. The minimum absolute atomic E-state index is 0.0432. The fraction of sp³-hybridized carbons (Fsp3) is 0.250. The zero-order valence-electron chi connectivity index (χ0n) is 7.43.